The third-order valence-electron chi connectivity index (χ3n) is 4.57. The predicted octanol–water partition coefficient (Wildman–Crippen LogP) is 1.45. The van der Waals surface area contributed by atoms with E-state index in [9.17, 15) is 9.59 Å². The van der Waals surface area contributed by atoms with Crippen LogP contribution in [-0.4, -0.2) is 51.3 Å². The van der Waals surface area contributed by atoms with Gasteiger partial charge in [0.25, 0.3) is 5.56 Å². The highest BCUT2D eigenvalue weighted by atomic mass is 16.2. The molecule has 1 aliphatic heterocycles. The van der Waals surface area contributed by atoms with Crippen LogP contribution in [-0.2, 0) is 11.3 Å². The third-order valence-corrected chi connectivity index (χ3v) is 4.57. The average molecular weight is 328 g/mol. The molecular weight excluding hydrogens is 304 g/mol. The van der Waals surface area contributed by atoms with Gasteiger partial charge in [0.1, 0.15) is 5.65 Å². The lowest BCUT2D eigenvalue weighted by atomic mass is 10.2. The Bertz CT molecular complexity index is 799. The Hall–Kier alpha value is -2.21. The van der Waals surface area contributed by atoms with E-state index >= 15 is 0 Å². The molecule has 3 rings (SSSR count). The third kappa shape index (κ3) is 3.48. The van der Waals surface area contributed by atoms with E-state index in [-0.39, 0.29) is 11.5 Å². The van der Waals surface area contributed by atoms with Gasteiger partial charge in [0, 0.05) is 51.4 Å². The molecule has 2 aromatic rings. The van der Waals surface area contributed by atoms with E-state index in [1.54, 1.807) is 16.7 Å². The van der Waals surface area contributed by atoms with Crippen LogP contribution >= 0.6 is 0 Å². The largest absolute Gasteiger partial charge is 0.341 e. The van der Waals surface area contributed by atoms with E-state index in [2.05, 4.69) is 9.88 Å². The smallest absolute Gasteiger partial charge is 0.258 e. The molecule has 0 atom stereocenters. The van der Waals surface area contributed by atoms with E-state index in [0.29, 0.717) is 13.0 Å². The molecule has 0 aliphatic carbocycles. The van der Waals surface area contributed by atoms with Crippen molar-refractivity contribution in [2.24, 2.45) is 0 Å². The standard InChI is InChI=1S/C18H24N4O2/c1-3-16(23)21-8-5-7-20(10-11-21)13-15-12-17(24)22-9-4-6-14(2)18(22)19-15/h4,6,9,12H,3,5,7-8,10-11,13H2,1-2H3. The predicted molar refractivity (Wildman–Crippen MR) is 93.0 cm³/mol. The van der Waals surface area contributed by atoms with E-state index in [1.165, 1.54) is 0 Å². The van der Waals surface area contributed by atoms with E-state index in [0.717, 1.165) is 49.5 Å². The summed E-state index contributed by atoms with van der Waals surface area (Å²) in [7, 11) is 0. The van der Waals surface area contributed by atoms with Gasteiger partial charge in [0.2, 0.25) is 5.91 Å². The highest BCUT2D eigenvalue weighted by molar-refractivity contribution is 5.75. The summed E-state index contributed by atoms with van der Waals surface area (Å²) in [6.07, 6.45) is 3.27. The quantitative estimate of drug-likeness (QED) is 0.856. The van der Waals surface area contributed by atoms with Crippen molar-refractivity contribution in [2.45, 2.75) is 33.2 Å². The summed E-state index contributed by atoms with van der Waals surface area (Å²) in [4.78, 5) is 33.0. The minimum Gasteiger partial charge on any atom is -0.341 e. The van der Waals surface area contributed by atoms with Crippen molar-refractivity contribution in [1.29, 1.82) is 0 Å². The summed E-state index contributed by atoms with van der Waals surface area (Å²) >= 11 is 0. The molecule has 1 amide bonds. The van der Waals surface area contributed by atoms with Crippen LogP contribution in [0.1, 0.15) is 31.0 Å². The minimum atomic E-state index is -0.0451. The van der Waals surface area contributed by atoms with Crippen molar-refractivity contribution in [2.75, 3.05) is 26.2 Å². The second-order valence-corrected chi connectivity index (χ2v) is 6.33. The van der Waals surface area contributed by atoms with Gasteiger partial charge in [-0.3, -0.25) is 18.9 Å². The summed E-state index contributed by atoms with van der Waals surface area (Å²) in [5.41, 5.74) is 2.46. The van der Waals surface area contributed by atoms with Crippen molar-refractivity contribution in [3.8, 4) is 0 Å². The second-order valence-electron chi connectivity index (χ2n) is 6.33. The Morgan fingerprint density at radius 1 is 1.25 bits per heavy atom. The first-order chi connectivity index (χ1) is 11.6. The molecule has 2 aromatic heterocycles. The zero-order valence-corrected chi connectivity index (χ0v) is 14.4. The number of aryl methyl sites for hydroxylation is 1. The first kappa shape index (κ1) is 16.6. The number of amides is 1. The highest BCUT2D eigenvalue weighted by Gasteiger charge is 2.18. The van der Waals surface area contributed by atoms with E-state index < -0.39 is 0 Å². The number of nitrogens with zero attached hydrogens (tertiary/aromatic N) is 4. The number of carbonyl (C=O) groups excluding carboxylic acids is 1. The minimum absolute atomic E-state index is 0.0451. The van der Waals surface area contributed by atoms with Crippen LogP contribution in [0.4, 0.5) is 0 Å². The maximum Gasteiger partial charge on any atom is 0.258 e. The molecule has 0 bridgehead atoms. The lowest BCUT2D eigenvalue weighted by Crippen LogP contribution is -2.34. The van der Waals surface area contributed by atoms with Crippen molar-refractivity contribution < 1.29 is 4.79 Å². The molecule has 0 saturated carbocycles. The number of fused-ring (bicyclic) bond motifs is 1. The maximum absolute atomic E-state index is 12.3. The summed E-state index contributed by atoms with van der Waals surface area (Å²) < 4.78 is 1.59. The molecule has 0 unspecified atom stereocenters. The Labute approximate surface area is 141 Å². The molecule has 0 aromatic carbocycles. The van der Waals surface area contributed by atoms with Gasteiger partial charge in [-0.05, 0) is 25.0 Å². The summed E-state index contributed by atoms with van der Waals surface area (Å²) in [6.45, 7) is 7.82. The molecule has 0 spiro atoms. The van der Waals surface area contributed by atoms with E-state index in [1.807, 2.05) is 30.9 Å². The molecular formula is C18H24N4O2. The monoisotopic (exact) mass is 328 g/mol. The number of aromatic nitrogens is 2. The van der Waals surface area contributed by atoms with Crippen LogP contribution in [0.2, 0.25) is 0 Å². The first-order valence-electron chi connectivity index (χ1n) is 8.56. The highest BCUT2D eigenvalue weighted by Crippen LogP contribution is 2.10. The average Bonchev–Trinajstić information content (AvgIpc) is 2.81. The van der Waals surface area contributed by atoms with Crippen LogP contribution in [0, 0.1) is 6.92 Å². The van der Waals surface area contributed by atoms with Crippen LogP contribution in [0.15, 0.2) is 29.2 Å². The lowest BCUT2D eigenvalue weighted by Gasteiger charge is -2.21. The summed E-state index contributed by atoms with van der Waals surface area (Å²) in [5.74, 6) is 0.217. The second kappa shape index (κ2) is 7.13. The first-order valence-corrected chi connectivity index (χ1v) is 8.56. The Balaban J connectivity index is 1.77. The molecule has 6 nitrogen and oxygen atoms in total. The molecule has 1 fully saturated rings. The number of hydrogen-bond donors (Lipinski definition) is 0. The van der Waals surface area contributed by atoms with Crippen molar-refractivity contribution in [3.63, 3.8) is 0 Å². The number of hydrogen-bond acceptors (Lipinski definition) is 4. The van der Waals surface area contributed by atoms with Gasteiger partial charge in [0.15, 0.2) is 0 Å². The van der Waals surface area contributed by atoms with Crippen molar-refractivity contribution in [1.82, 2.24) is 19.2 Å². The molecule has 0 N–H and O–H groups in total. The fourth-order valence-electron chi connectivity index (χ4n) is 3.22. The Morgan fingerprint density at radius 2 is 2.08 bits per heavy atom. The zero-order chi connectivity index (χ0) is 17.1. The van der Waals surface area contributed by atoms with Crippen molar-refractivity contribution >= 4 is 11.6 Å². The number of rotatable bonds is 3. The zero-order valence-electron chi connectivity index (χ0n) is 14.4. The normalized spacial score (nSPS) is 16.3. The van der Waals surface area contributed by atoms with Crippen LogP contribution in [0.3, 0.4) is 0 Å². The fraction of sp³-hybridized carbons (Fsp3) is 0.500. The molecule has 1 aliphatic rings. The summed E-state index contributed by atoms with van der Waals surface area (Å²) in [6, 6.07) is 5.44. The van der Waals surface area contributed by atoms with E-state index in [4.69, 9.17) is 0 Å². The van der Waals surface area contributed by atoms with Crippen molar-refractivity contribution in [3.05, 3.63) is 46.0 Å². The molecule has 1 saturated heterocycles. The molecule has 3 heterocycles. The van der Waals surface area contributed by atoms with Gasteiger partial charge in [-0.15, -0.1) is 0 Å². The fourth-order valence-corrected chi connectivity index (χ4v) is 3.22. The van der Waals surface area contributed by atoms with Gasteiger partial charge in [-0.1, -0.05) is 13.0 Å². The topological polar surface area (TPSA) is 57.9 Å². The van der Waals surface area contributed by atoms with Gasteiger partial charge >= 0.3 is 0 Å². The van der Waals surface area contributed by atoms with Crippen LogP contribution in [0.5, 0.6) is 0 Å². The van der Waals surface area contributed by atoms with Gasteiger partial charge in [-0.2, -0.15) is 0 Å². The lowest BCUT2D eigenvalue weighted by molar-refractivity contribution is -0.130. The summed E-state index contributed by atoms with van der Waals surface area (Å²) in [5, 5.41) is 0. The SMILES string of the molecule is CCC(=O)N1CCCN(Cc2cc(=O)n3cccc(C)c3n2)CC1. The van der Waals surface area contributed by atoms with Gasteiger partial charge < -0.3 is 4.90 Å². The molecule has 0 radical (unpaired) electrons. The molecule has 6 heteroatoms. The molecule has 24 heavy (non-hydrogen) atoms. The molecule has 128 valence electrons. The number of carbonyl (C=O) groups is 1. The van der Waals surface area contributed by atoms with Gasteiger partial charge in [0.05, 0.1) is 5.69 Å². The number of pyridine rings is 1. The van der Waals surface area contributed by atoms with Crippen LogP contribution in [0.25, 0.3) is 5.65 Å². The van der Waals surface area contributed by atoms with Crippen LogP contribution < -0.4 is 5.56 Å². The Morgan fingerprint density at radius 3 is 2.88 bits per heavy atom. The van der Waals surface area contributed by atoms with Gasteiger partial charge in [-0.25, -0.2) is 4.98 Å². The Kier molecular flexibility index (Phi) is 4.94. The maximum atomic E-state index is 12.3.